The molecule has 5 heteroatoms. The van der Waals surface area contributed by atoms with Gasteiger partial charge < -0.3 is 10.1 Å². The molecule has 0 radical (unpaired) electrons. The third-order valence-corrected chi connectivity index (χ3v) is 3.87. The maximum Gasteiger partial charge on any atom is 0.139 e. The maximum absolute atomic E-state index is 6.04. The highest BCUT2D eigenvalue weighted by Crippen LogP contribution is 2.34. The SMILES string of the molecule is Clc1cc(Cl)c(OC[C@H]2CCCNC2)cc1Cl. The molecule has 0 aromatic heterocycles. The van der Waals surface area contributed by atoms with Gasteiger partial charge in [0.2, 0.25) is 0 Å². The van der Waals surface area contributed by atoms with Gasteiger partial charge in [-0.1, -0.05) is 34.8 Å². The summed E-state index contributed by atoms with van der Waals surface area (Å²) in [5, 5.41) is 4.76. The molecule has 17 heavy (non-hydrogen) atoms. The fourth-order valence-corrected chi connectivity index (χ4v) is 2.48. The predicted octanol–water partition coefficient (Wildman–Crippen LogP) is 4.03. The summed E-state index contributed by atoms with van der Waals surface area (Å²) in [6, 6.07) is 3.28. The van der Waals surface area contributed by atoms with Crippen molar-refractivity contribution in [1.82, 2.24) is 5.32 Å². The van der Waals surface area contributed by atoms with E-state index in [2.05, 4.69) is 5.32 Å². The summed E-state index contributed by atoms with van der Waals surface area (Å²) >= 11 is 17.8. The van der Waals surface area contributed by atoms with E-state index in [1.165, 1.54) is 12.8 Å². The summed E-state index contributed by atoms with van der Waals surface area (Å²) in [5.41, 5.74) is 0. The van der Waals surface area contributed by atoms with Gasteiger partial charge in [0.15, 0.2) is 0 Å². The van der Waals surface area contributed by atoms with Crippen molar-refractivity contribution in [3.8, 4) is 5.75 Å². The zero-order valence-electron chi connectivity index (χ0n) is 9.31. The van der Waals surface area contributed by atoms with Gasteiger partial charge in [0.25, 0.3) is 0 Å². The van der Waals surface area contributed by atoms with E-state index >= 15 is 0 Å². The van der Waals surface area contributed by atoms with Gasteiger partial charge in [-0.15, -0.1) is 0 Å². The first-order valence-electron chi connectivity index (χ1n) is 5.65. The van der Waals surface area contributed by atoms with Crippen molar-refractivity contribution in [1.29, 1.82) is 0 Å². The van der Waals surface area contributed by atoms with Crippen LogP contribution in [0.1, 0.15) is 12.8 Å². The van der Waals surface area contributed by atoms with E-state index < -0.39 is 0 Å². The lowest BCUT2D eigenvalue weighted by atomic mass is 10.0. The molecule has 2 rings (SSSR count). The van der Waals surface area contributed by atoms with Crippen LogP contribution in [0.4, 0.5) is 0 Å². The van der Waals surface area contributed by atoms with Crippen LogP contribution in [-0.4, -0.2) is 19.7 Å². The highest BCUT2D eigenvalue weighted by atomic mass is 35.5. The summed E-state index contributed by atoms with van der Waals surface area (Å²) < 4.78 is 5.70. The largest absolute Gasteiger partial charge is 0.492 e. The minimum absolute atomic E-state index is 0.448. The van der Waals surface area contributed by atoms with Crippen molar-refractivity contribution in [2.75, 3.05) is 19.7 Å². The van der Waals surface area contributed by atoms with E-state index in [0.29, 0.717) is 33.3 Å². The van der Waals surface area contributed by atoms with Gasteiger partial charge in [0.05, 0.1) is 21.7 Å². The lowest BCUT2D eigenvalue weighted by molar-refractivity contribution is 0.218. The molecule has 2 nitrogen and oxygen atoms in total. The second-order valence-electron chi connectivity index (χ2n) is 4.22. The van der Waals surface area contributed by atoms with Crippen molar-refractivity contribution in [3.63, 3.8) is 0 Å². The second-order valence-corrected chi connectivity index (χ2v) is 5.44. The van der Waals surface area contributed by atoms with Crippen LogP contribution in [0.2, 0.25) is 15.1 Å². The predicted molar refractivity (Wildman–Crippen MR) is 72.6 cm³/mol. The Morgan fingerprint density at radius 2 is 1.94 bits per heavy atom. The summed E-state index contributed by atoms with van der Waals surface area (Å²) in [7, 11) is 0. The molecule has 0 spiro atoms. The molecule has 1 heterocycles. The first-order chi connectivity index (χ1) is 8.16. The quantitative estimate of drug-likeness (QED) is 0.850. The lowest BCUT2D eigenvalue weighted by Gasteiger charge is -2.23. The zero-order valence-corrected chi connectivity index (χ0v) is 11.6. The summed E-state index contributed by atoms with van der Waals surface area (Å²) in [6.45, 7) is 2.76. The number of ether oxygens (including phenoxy) is 1. The second kappa shape index (κ2) is 6.14. The molecule has 0 amide bonds. The Labute approximate surface area is 116 Å². The Morgan fingerprint density at radius 1 is 1.18 bits per heavy atom. The number of benzene rings is 1. The van der Waals surface area contributed by atoms with Crippen molar-refractivity contribution in [2.24, 2.45) is 5.92 Å². The minimum Gasteiger partial charge on any atom is -0.492 e. The van der Waals surface area contributed by atoms with Crippen LogP contribution >= 0.6 is 34.8 Å². The van der Waals surface area contributed by atoms with Crippen LogP contribution in [0.25, 0.3) is 0 Å². The van der Waals surface area contributed by atoms with Gasteiger partial charge in [-0.3, -0.25) is 0 Å². The standard InChI is InChI=1S/C12H14Cl3NO/c13-9-4-11(15)12(5-10(9)14)17-7-8-2-1-3-16-6-8/h4-5,8,16H,1-3,6-7H2/t8-/m0/s1. The Kier molecular flexibility index (Phi) is 4.80. The molecule has 1 aromatic carbocycles. The lowest BCUT2D eigenvalue weighted by Crippen LogP contribution is -2.33. The summed E-state index contributed by atoms with van der Waals surface area (Å²) in [5.74, 6) is 1.14. The van der Waals surface area contributed by atoms with Crippen molar-refractivity contribution < 1.29 is 4.74 Å². The molecule has 0 aliphatic carbocycles. The molecule has 0 saturated carbocycles. The molecular weight excluding hydrogens is 280 g/mol. The number of rotatable bonds is 3. The van der Waals surface area contributed by atoms with E-state index in [4.69, 9.17) is 39.5 Å². The molecule has 1 atom stereocenters. The molecule has 0 bridgehead atoms. The van der Waals surface area contributed by atoms with Gasteiger partial charge in [0, 0.05) is 18.5 Å². The Hall–Kier alpha value is -0.150. The minimum atomic E-state index is 0.448. The van der Waals surface area contributed by atoms with Crippen LogP contribution in [0.15, 0.2) is 12.1 Å². The molecule has 1 fully saturated rings. The van der Waals surface area contributed by atoms with Gasteiger partial charge >= 0.3 is 0 Å². The third kappa shape index (κ3) is 3.65. The first-order valence-corrected chi connectivity index (χ1v) is 6.78. The molecular formula is C12H14Cl3NO. The molecule has 1 aliphatic heterocycles. The summed E-state index contributed by atoms with van der Waals surface area (Å²) in [6.07, 6.45) is 2.38. The van der Waals surface area contributed by atoms with Crippen LogP contribution in [0.5, 0.6) is 5.75 Å². The van der Waals surface area contributed by atoms with Crippen LogP contribution in [0, 0.1) is 5.92 Å². The average Bonchev–Trinajstić information content (AvgIpc) is 2.33. The van der Waals surface area contributed by atoms with Crippen LogP contribution in [-0.2, 0) is 0 Å². The fraction of sp³-hybridized carbons (Fsp3) is 0.500. The van der Waals surface area contributed by atoms with Crippen LogP contribution < -0.4 is 10.1 Å². The van der Waals surface area contributed by atoms with E-state index in [0.717, 1.165) is 13.1 Å². The third-order valence-electron chi connectivity index (χ3n) is 2.85. The van der Waals surface area contributed by atoms with Crippen molar-refractivity contribution >= 4 is 34.8 Å². The van der Waals surface area contributed by atoms with Crippen molar-refractivity contribution in [2.45, 2.75) is 12.8 Å². The fourth-order valence-electron chi connectivity index (χ4n) is 1.89. The topological polar surface area (TPSA) is 21.3 Å². The Morgan fingerprint density at radius 3 is 2.65 bits per heavy atom. The number of hydrogen-bond acceptors (Lipinski definition) is 2. The average molecular weight is 295 g/mol. The maximum atomic E-state index is 6.04. The zero-order chi connectivity index (χ0) is 12.3. The van der Waals surface area contributed by atoms with Gasteiger partial charge in [-0.2, -0.15) is 0 Å². The van der Waals surface area contributed by atoms with Gasteiger partial charge in [-0.25, -0.2) is 0 Å². The van der Waals surface area contributed by atoms with E-state index in [9.17, 15) is 0 Å². The summed E-state index contributed by atoms with van der Waals surface area (Å²) in [4.78, 5) is 0. The van der Waals surface area contributed by atoms with E-state index in [-0.39, 0.29) is 0 Å². The van der Waals surface area contributed by atoms with Crippen molar-refractivity contribution in [3.05, 3.63) is 27.2 Å². The first kappa shape index (κ1) is 13.3. The van der Waals surface area contributed by atoms with Gasteiger partial charge in [0.1, 0.15) is 5.75 Å². The number of halogens is 3. The number of hydrogen-bond donors (Lipinski definition) is 1. The van der Waals surface area contributed by atoms with E-state index in [1.54, 1.807) is 12.1 Å². The smallest absolute Gasteiger partial charge is 0.139 e. The normalized spacial score (nSPS) is 20.3. The molecule has 1 aliphatic rings. The molecule has 0 unspecified atom stereocenters. The highest BCUT2D eigenvalue weighted by Gasteiger charge is 2.15. The molecule has 1 N–H and O–H groups in total. The molecule has 1 aromatic rings. The molecule has 94 valence electrons. The Balaban J connectivity index is 1.96. The van der Waals surface area contributed by atoms with E-state index in [1.807, 2.05) is 0 Å². The van der Waals surface area contributed by atoms with Gasteiger partial charge in [-0.05, 0) is 25.5 Å². The number of nitrogens with one attached hydrogen (secondary N) is 1. The highest BCUT2D eigenvalue weighted by molar-refractivity contribution is 6.43. The Bertz CT molecular complexity index is 392. The monoisotopic (exact) mass is 293 g/mol. The molecule has 1 saturated heterocycles. The number of piperidine rings is 1. The van der Waals surface area contributed by atoms with Crippen LogP contribution in [0.3, 0.4) is 0 Å².